The molecule has 8 heteroatoms. The number of aliphatic imine (C=N–C) groups is 1. The number of benzene rings is 2. The van der Waals surface area contributed by atoms with Crippen molar-refractivity contribution in [3.8, 4) is 11.5 Å². The van der Waals surface area contributed by atoms with Crippen LogP contribution in [0.5, 0.6) is 11.5 Å². The van der Waals surface area contributed by atoms with Gasteiger partial charge in [-0.25, -0.2) is 9.79 Å². The van der Waals surface area contributed by atoms with Crippen LogP contribution in [0.25, 0.3) is 6.08 Å². The van der Waals surface area contributed by atoms with Gasteiger partial charge in [0.2, 0.25) is 6.79 Å². The van der Waals surface area contributed by atoms with E-state index in [9.17, 15) is 9.59 Å². The van der Waals surface area contributed by atoms with Gasteiger partial charge in [0.15, 0.2) is 16.7 Å². The Kier molecular flexibility index (Phi) is 5.50. The van der Waals surface area contributed by atoms with Crippen LogP contribution in [-0.2, 0) is 9.53 Å². The third-order valence-corrected chi connectivity index (χ3v) is 5.71. The van der Waals surface area contributed by atoms with Gasteiger partial charge in [0.1, 0.15) is 0 Å². The third kappa shape index (κ3) is 3.91. The van der Waals surface area contributed by atoms with E-state index in [2.05, 4.69) is 4.99 Å². The number of aryl methyl sites for hydroxylation is 1. The largest absolute Gasteiger partial charge is 0.462 e. The van der Waals surface area contributed by atoms with Gasteiger partial charge in [0.05, 0.1) is 22.8 Å². The number of likely N-dealkylation sites (N-methyl/N-ethyl adjacent to an activating group) is 1. The van der Waals surface area contributed by atoms with Crippen LogP contribution in [0, 0.1) is 6.92 Å². The molecule has 1 fully saturated rings. The van der Waals surface area contributed by atoms with Gasteiger partial charge in [0, 0.05) is 7.05 Å². The summed E-state index contributed by atoms with van der Waals surface area (Å²) in [7, 11) is 1.69. The number of carbonyl (C=O) groups excluding carboxylic acids is 2. The lowest BCUT2D eigenvalue weighted by Crippen LogP contribution is -2.23. The van der Waals surface area contributed by atoms with Crippen LogP contribution in [0.2, 0.25) is 0 Å². The molecule has 7 nitrogen and oxygen atoms in total. The standard InChI is InChI=1S/C22H20N2O5S/c1-4-27-21(26)14-5-7-16(8-6-14)23-22-24(3)20(25)19(30-22)11-15-10-18-17(9-13(15)2)28-12-29-18/h5-11H,4,12H2,1-3H3. The van der Waals surface area contributed by atoms with Crippen LogP contribution in [0.1, 0.15) is 28.4 Å². The van der Waals surface area contributed by atoms with E-state index in [0.29, 0.717) is 39.4 Å². The Hall–Kier alpha value is -3.26. The van der Waals surface area contributed by atoms with E-state index in [1.165, 1.54) is 16.7 Å². The van der Waals surface area contributed by atoms with Crippen molar-refractivity contribution in [1.82, 2.24) is 4.90 Å². The van der Waals surface area contributed by atoms with Crippen molar-refractivity contribution in [2.75, 3.05) is 20.4 Å². The molecule has 2 aliphatic rings. The number of rotatable bonds is 4. The van der Waals surface area contributed by atoms with Gasteiger partial charge >= 0.3 is 5.97 Å². The summed E-state index contributed by atoms with van der Waals surface area (Å²) in [5.74, 6) is 0.889. The number of carbonyl (C=O) groups is 2. The molecule has 2 aliphatic heterocycles. The molecule has 0 spiro atoms. The minimum Gasteiger partial charge on any atom is -0.462 e. The number of nitrogens with zero attached hydrogens (tertiary/aromatic N) is 2. The molecule has 0 N–H and O–H groups in total. The fourth-order valence-corrected chi connectivity index (χ4v) is 3.98. The second-order valence-electron chi connectivity index (χ2n) is 6.70. The molecule has 0 aromatic heterocycles. The van der Waals surface area contributed by atoms with Gasteiger partial charge in [-0.15, -0.1) is 0 Å². The fraction of sp³-hybridized carbons (Fsp3) is 0.227. The van der Waals surface area contributed by atoms with Crippen LogP contribution < -0.4 is 9.47 Å². The second-order valence-corrected chi connectivity index (χ2v) is 7.71. The van der Waals surface area contributed by atoms with Crippen molar-refractivity contribution < 1.29 is 23.8 Å². The van der Waals surface area contributed by atoms with Crippen molar-refractivity contribution in [1.29, 1.82) is 0 Å². The number of ether oxygens (including phenoxy) is 3. The first-order valence-corrected chi connectivity index (χ1v) is 10.2. The fourth-order valence-electron chi connectivity index (χ4n) is 3.00. The molecule has 4 rings (SSSR count). The van der Waals surface area contributed by atoms with E-state index in [-0.39, 0.29) is 18.7 Å². The summed E-state index contributed by atoms with van der Waals surface area (Å²) >= 11 is 1.30. The Balaban J connectivity index is 1.57. The number of thioether (sulfide) groups is 1. The smallest absolute Gasteiger partial charge is 0.338 e. The van der Waals surface area contributed by atoms with Gasteiger partial charge in [-0.1, -0.05) is 0 Å². The zero-order chi connectivity index (χ0) is 21.3. The summed E-state index contributed by atoms with van der Waals surface area (Å²) in [5, 5.41) is 0.563. The maximum Gasteiger partial charge on any atom is 0.338 e. The molecule has 0 saturated carbocycles. The molecule has 0 aliphatic carbocycles. The van der Waals surface area contributed by atoms with Crippen LogP contribution in [0.4, 0.5) is 5.69 Å². The van der Waals surface area contributed by atoms with Crippen molar-refractivity contribution in [2.45, 2.75) is 13.8 Å². The first-order valence-electron chi connectivity index (χ1n) is 9.40. The van der Waals surface area contributed by atoms with Gasteiger partial charge in [-0.2, -0.15) is 0 Å². The van der Waals surface area contributed by atoms with Crippen LogP contribution >= 0.6 is 11.8 Å². The highest BCUT2D eigenvalue weighted by molar-refractivity contribution is 8.18. The molecule has 30 heavy (non-hydrogen) atoms. The normalized spacial score (nSPS) is 17.8. The average Bonchev–Trinajstić information content (AvgIpc) is 3.28. The summed E-state index contributed by atoms with van der Waals surface area (Å²) in [6.07, 6.45) is 1.84. The Morgan fingerprint density at radius 1 is 1.23 bits per heavy atom. The maximum absolute atomic E-state index is 12.7. The minimum absolute atomic E-state index is 0.126. The van der Waals surface area contributed by atoms with E-state index in [1.54, 1.807) is 38.2 Å². The van der Waals surface area contributed by atoms with Crippen molar-refractivity contribution >= 4 is 40.6 Å². The third-order valence-electron chi connectivity index (χ3n) is 4.65. The van der Waals surface area contributed by atoms with Gasteiger partial charge in [0.25, 0.3) is 5.91 Å². The van der Waals surface area contributed by atoms with Crippen molar-refractivity contribution in [3.63, 3.8) is 0 Å². The van der Waals surface area contributed by atoms with Crippen molar-refractivity contribution in [2.24, 2.45) is 4.99 Å². The lowest BCUT2D eigenvalue weighted by molar-refractivity contribution is -0.121. The van der Waals surface area contributed by atoms with Crippen LogP contribution in [-0.4, -0.2) is 42.4 Å². The molecule has 0 bridgehead atoms. The molecule has 1 amide bonds. The predicted molar refractivity (Wildman–Crippen MR) is 115 cm³/mol. The van der Waals surface area contributed by atoms with Crippen LogP contribution in [0.3, 0.4) is 0 Å². The molecule has 1 saturated heterocycles. The number of esters is 1. The van der Waals surface area contributed by atoms with Crippen LogP contribution in [0.15, 0.2) is 46.3 Å². The molecular weight excluding hydrogens is 404 g/mol. The zero-order valence-corrected chi connectivity index (χ0v) is 17.6. The molecule has 0 unspecified atom stereocenters. The predicted octanol–water partition coefficient (Wildman–Crippen LogP) is 4.13. The quantitative estimate of drug-likeness (QED) is 0.542. The molecule has 154 valence electrons. The summed E-state index contributed by atoms with van der Waals surface area (Å²) in [6.45, 7) is 4.25. The van der Waals surface area contributed by atoms with Crippen molar-refractivity contribution in [3.05, 3.63) is 58.0 Å². The van der Waals surface area contributed by atoms with E-state index < -0.39 is 0 Å². The SMILES string of the molecule is CCOC(=O)c1ccc(N=C2SC(=Cc3cc4c(cc3C)OCO4)C(=O)N2C)cc1. The Morgan fingerprint density at radius 3 is 2.63 bits per heavy atom. The topological polar surface area (TPSA) is 77.4 Å². The Morgan fingerprint density at radius 2 is 1.93 bits per heavy atom. The number of fused-ring (bicyclic) bond motifs is 1. The van der Waals surface area contributed by atoms with E-state index in [0.717, 1.165) is 11.1 Å². The molecule has 0 atom stereocenters. The summed E-state index contributed by atoms with van der Waals surface area (Å²) in [4.78, 5) is 31.1. The maximum atomic E-state index is 12.7. The lowest BCUT2D eigenvalue weighted by Gasteiger charge is -2.07. The average molecular weight is 424 g/mol. The number of hydrogen-bond acceptors (Lipinski definition) is 7. The highest BCUT2D eigenvalue weighted by Gasteiger charge is 2.30. The summed E-state index contributed by atoms with van der Waals surface area (Å²) in [6, 6.07) is 10.5. The summed E-state index contributed by atoms with van der Waals surface area (Å²) in [5.41, 5.74) is 2.99. The molecule has 2 aromatic carbocycles. The van der Waals surface area contributed by atoms with E-state index in [4.69, 9.17) is 14.2 Å². The van der Waals surface area contributed by atoms with E-state index in [1.807, 2.05) is 25.1 Å². The number of amides is 1. The minimum atomic E-state index is -0.372. The monoisotopic (exact) mass is 424 g/mol. The lowest BCUT2D eigenvalue weighted by atomic mass is 10.1. The zero-order valence-electron chi connectivity index (χ0n) is 16.8. The van der Waals surface area contributed by atoms with Gasteiger partial charge in [-0.3, -0.25) is 9.69 Å². The van der Waals surface area contributed by atoms with Gasteiger partial charge in [-0.05, 0) is 79.2 Å². The highest BCUT2D eigenvalue weighted by Crippen LogP contribution is 2.38. The number of hydrogen-bond donors (Lipinski definition) is 0. The Bertz CT molecular complexity index is 1080. The number of amidine groups is 1. The van der Waals surface area contributed by atoms with E-state index >= 15 is 0 Å². The first kappa shape index (κ1) is 20.0. The Labute approximate surface area is 178 Å². The highest BCUT2D eigenvalue weighted by atomic mass is 32.2. The molecule has 2 aromatic rings. The van der Waals surface area contributed by atoms with Gasteiger partial charge < -0.3 is 14.2 Å². The molecule has 0 radical (unpaired) electrons. The first-order chi connectivity index (χ1) is 14.5. The second kappa shape index (κ2) is 8.23. The molecule has 2 heterocycles. The molecular formula is C22H20N2O5S. The summed E-state index contributed by atoms with van der Waals surface area (Å²) < 4.78 is 15.8.